The molecule has 0 aliphatic carbocycles. The van der Waals surface area contributed by atoms with Gasteiger partial charge in [-0.25, -0.2) is 4.79 Å². The first-order valence-electron chi connectivity index (χ1n) is 7.28. The summed E-state index contributed by atoms with van der Waals surface area (Å²) in [6.07, 6.45) is 4.62. The van der Waals surface area contributed by atoms with Crippen molar-refractivity contribution in [3.05, 3.63) is 11.1 Å². The lowest BCUT2D eigenvalue weighted by Gasteiger charge is -2.15. The van der Waals surface area contributed by atoms with Crippen molar-refractivity contribution in [2.45, 2.75) is 58.2 Å². The fourth-order valence-corrected chi connectivity index (χ4v) is 2.64. The molecule has 2 rings (SSSR count). The summed E-state index contributed by atoms with van der Waals surface area (Å²) < 4.78 is 10.6. The highest BCUT2D eigenvalue weighted by Crippen LogP contribution is 2.30. The molecule has 19 heavy (non-hydrogen) atoms. The quantitative estimate of drug-likeness (QED) is 0.568. The fraction of sp³-hybridized carbons (Fsp3) is 0.800. The number of aliphatic hydroxyl groups excluding tert-OH is 1. The summed E-state index contributed by atoms with van der Waals surface area (Å²) in [7, 11) is 0. The van der Waals surface area contributed by atoms with E-state index in [-0.39, 0.29) is 18.2 Å². The van der Waals surface area contributed by atoms with E-state index in [0.29, 0.717) is 19.1 Å². The minimum atomic E-state index is -0.193. The molecule has 2 heterocycles. The minimum Gasteiger partial charge on any atom is -0.458 e. The van der Waals surface area contributed by atoms with E-state index in [1.165, 1.54) is 0 Å². The average Bonchev–Trinajstić information content (AvgIpc) is 2.93. The smallest absolute Gasteiger partial charge is 0.337 e. The van der Waals surface area contributed by atoms with Gasteiger partial charge in [0.2, 0.25) is 0 Å². The van der Waals surface area contributed by atoms with Crippen molar-refractivity contribution in [3.8, 4) is 0 Å². The van der Waals surface area contributed by atoms with E-state index in [4.69, 9.17) is 9.47 Å². The Morgan fingerprint density at radius 1 is 1.26 bits per heavy atom. The van der Waals surface area contributed by atoms with Gasteiger partial charge in [0, 0.05) is 5.57 Å². The van der Waals surface area contributed by atoms with Gasteiger partial charge in [0.25, 0.3) is 0 Å². The minimum absolute atomic E-state index is 0.0555. The molecule has 2 aliphatic rings. The standard InChI is InChI=1S/C15H24O4/c1-10(2)12(16)6-4-3-5-7-13-14-11(8-18-13)9-19-15(14)17/h10,12-13,16H,3-9H2,1-2H3. The lowest BCUT2D eigenvalue weighted by atomic mass is 9.98. The molecule has 2 atom stereocenters. The molecule has 0 fully saturated rings. The Labute approximate surface area is 114 Å². The topological polar surface area (TPSA) is 55.8 Å². The molecule has 0 bridgehead atoms. The number of carbonyl (C=O) groups is 1. The first-order chi connectivity index (χ1) is 9.09. The number of hydrogen-bond acceptors (Lipinski definition) is 4. The summed E-state index contributed by atoms with van der Waals surface area (Å²) in [5, 5.41) is 9.70. The summed E-state index contributed by atoms with van der Waals surface area (Å²) >= 11 is 0. The second kappa shape index (κ2) is 6.53. The Morgan fingerprint density at radius 3 is 2.79 bits per heavy atom. The van der Waals surface area contributed by atoms with Crippen molar-refractivity contribution in [2.24, 2.45) is 5.92 Å². The third-order valence-corrected chi connectivity index (χ3v) is 3.99. The van der Waals surface area contributed by atoms with Gasteiger partial charge in [0.05, 0.1) is 24.4 Å². The number of rotatable bonds is 7. The van der Waals surface area contributed by atoms with Gasteiger partial charge in [-0.15, -0.1) is 0 Å². The molecule has 108 valence electrons. The van der Waals surface area contributed by atoms with Crippen molar-refractivity contribution >= 4 is 5.97 Å². The molecule has 0 amide bonds. The fourth-order valence-electron chi connectivity index (χ4n) is 2.64. The highest BCUT2D eigenvalue weighted by atomic mass is 16.6. The molecule has 0 saturated heterocycles. The van der Waals surface area contributed by atoms with Gasteiger partial charge in [0.1, 0.15) is 6.61 Å². The monoisotopic (exact) mass is 268 g/mol. The van der Waals surface area contributed by atoms with Crippen LogP contribution in [0.3, 0.4) is 0 Å². The summed E-state index contributed by atoms with van der Waals surface area (Å²) in [5.74, 6) is 0.145. The Balaban J connectivity index is 1.63. The van der Waals surface area contributed by atoms with Gasteiger partial charge < -0.3 is 14.6 Å². The molecule has 0 aromatic carbocycles. The zero-order chi connectivity index (χ0) is 13.8. The Kier molecular flexibility index (Phi) is 4.99. The van der Waals surface area contributed by atoms with Crippen LogP contribution in [0.25, 0.3) is 0 Å². The molecular formula is C15H24O4. The molecule has 0 aromatic rings. The molecule has 4 nitrogen and oxygen atoms in total. The van der Waals surface area contributed by atoms with Crippen molar-refractivity contribution < 1.29 is 19.4 Å². The van der Waals surface area contributed by atoms with Crippen LogP contribution in [-0.2, 0) is 14.3 Å². The maximum Gasteiger partial charge on any atom is 0.337 e. The van der Waals surface area contributed by atoms with Crippen LogP contribution in [0.1, 0.15) is 46.0 Å². The highest BCUT2D eigenvalue weighted by molar-refractivity contribution is 5.93. The van der Waals surface area contributed by atoms with E-state index in [9.17, 15) is 9.90 Å². The molecule has 4 heteroatoms. The van der Waals surface area contributed by atoms with E-state index >= 15 is 0 Å². The lowest BCUT2D eigenvalue weighted by Crippen LogP contribution is -2.17. The molecule has 2 unspecified atom stereocenters. The summed E-state index contributed by atoms with van der Waals surface area (Å²) in [4.78, 5) is 11.5. The molecule has 0 spiro atoms. The van der Waals surface area contributed by atoms with Crippen molar-refractivity contribution in [2.75, 3.05) is 13.2 Å². The van der Waals surface area contributed by atoms with Gasteiger partial charge in [-0.2, -0.15) is 0 Å². The third-order valence-electron chi connectivity index (χ3n) is 3.99. The first kappa shape index (κ1) is 14.5. The number of cyclic esters (lactones) is 1. The van der Waals surface area contributed by atoms with Crippen LogP contribution < -0.4 is 0 Å². The maximum atomic E-state index is 11.5. The molecule has 0 radical (unpaired) electrons. The second-order valence-electron chi connectivity index (χ2n) is 5.84. The van der Waals surface area contributed by atoms with E-state index in [1.54, 1.807) is 0 Å². The average molecular weight is 268 g/mol. The SMILES string of the molecule is CC(C)C(O)CCCCCC1OCC2=C1C(=O)OC2. The molecular weight excluding hydrogens is 244 g/mol. The summed E-state index contributed by atoms with van der Waals surface area (Å²) in [6, 6.07) is 0. The summed E-state index contributed by atoms with van der Waals surface area (Å²) in [6.45, 7) is 5.05. The molecule has 0 aromatic heterocycles. The normalized spacial score (nSPS) is 24.0. The Bertz CT molecular complexity index is 359. The van der Waals surface area contributed by atoms with E-state index in [0.717, 1.165) is 43.3 Å². The number of carbonyl (C=O) groups excluding carboxylic acids is 1. The van der Waals surface area contributed by atoms with E-state index in [2.05, 4.69) is 0 Å². The Hall–Kier alpha value is -0.870. The number of ether oxygens (including phenoxy) is 2. The van der Waals surface area contributed by atoms with Crippen LogP contribution in [0.2, 0.25) is 0 Å². The molecule has 2 aliphatic heterocycles. The zero-order valence-corrected chi connectivity index (χ0v) is 11.9. The van der Waals surface area contributed by atoms with Gasteiger partial charge in [0.15, 0.2) is 0 Å². The van der Waals surface area contributed by atoms with Gasteiger partial charge >= 0.3 is 5.97 Å². The van der Waals surface area contributed by atoms with Crippen LogP contribution in [0.15, 0.2) is 11.1 Å². The van der Waals surface area contributed by atoms with Crippen LogP contribution in [0.4, 0.5) is 0 Å². The third kappa shape index (κ3) is 3.57. The first-order valence-corrected chi connectivity index (χ1v) is 7.28. The number of unbranched alkanes of at least 4 members (excludes halogenated alkanes) is 2. The van der Waals surface area contributed by atoms with Crippen molar-refractivity contribution in [1.82, 2.24) is 0 Å². The predicted octanol–water partition coefficient (Wildman–Crippen LogP) is 2.21. The van der Waals surface area contributed by atoms with Crippen LogP contribution in [0.5, 0.6) is 0 Å². The summed E-state index contributed by atoms with van der Waals surface area (Å²) in [5.41, 5.74) is 1.81. The zero-order valence-electron chi connectivity index (χ0n) is 11.9. The number of aliphatic hydroxyl groups is 1. The number of esters is 1. The maximum absolute atomic E-state index is 11.5. The van der Waals surface area contributed by atoms with Crippen molar-refractivity contribution in [1.29, 1.82) is 0 Å². The van der Waals surface area contributed by atoms with Crippen LogP contribution >= 0.6 is 0 Å². The van der Waals surface area contributed by atoms with Crippen LogP contribution in [-0.4, -0.2) is 36.5 Å². The second-order valence-corrected chi connectivity index (χ2v) is 5.84. The van der Waals surface area contributed by atoms with Gasteiger partial charge in [-0.3, -0.25) is 0 Å². The van der Waals surface area contributed by atoms with Gasteiger partial charge in [-0.05, 0) is 18.8 Å². The van der Waals surface area contributed by atoms with Crippen LogP contribution in [0, 0.1) is 5.92 Å². The number of hydrogen-bond donors (Lipinski definition) is 1. The lowest BCUT2D eigenvalue weighted by molar-refractivity contribution is -0.137. The van der Waals surface area contributed by atoms with Crippen molar-refractivity contribution in [3.63, 3.8) is 0 Å². The predicted molar refractivity (Wildman–Crippen MR) is 71.7 cm³/mol. The highest BCUT2D eigenvalue weighted by Gasteiger charge is 2.36. The molecule has 0 saturated carbocycles. The van der Waals surface area contributed by atoms with E-state index in [1.807, 2.05) is 13.8 Å². The van der Waals surface area contributed by atoms with E-state index < -0.39 is 0 Å². The Morgan fingerprint density at radius 2 is 2.05 bits per heavy atom. The largest absolute Gasteiger partial charge is 0.458 e. The molecule has 1 N–H and O–H groups in total. The van der Waals surface area contributed by atoms with Gasteiger partial charge in [-0.1, -0.05) is 33.1 Å².